The third-order valence-electron chi connectivity index (χ3n) is 3.67. The highest BCUT2D eigenvalue weighted by Crippen LogP contribution is 2.25. The largest absolute Gasteiger partial charge is 0.338 e. The van der Waals surface area contributed by atoms with Crippen LogP contribution < -0.4 is 0 Å². The molecule has 1 amide bonds. The number of nitrogens with zero attached hydrogens (tertiary/aromatic N) is 2. The van der Waals surface area contributed by atoms with E-state index in [2.05, 4.69) is 4.98 Å². The Morgan fingerprint density at radius 2 is 1.89 bits per heavy atom. The minimum atomic E-state index is 0.106. The summed E-state index contributed by atoms with van der Waals surface area (Å²) in [7, 11) is 0. The van der Waals surface area contributed by atoms with Gasteiger partial charge in [0.2, 0.25) is 0 Å². The molecule has 0 unspecified atom stereocenters. The van der Waals surface area contributed by atoms with Crippen LogP contribution in [0.1, 0.15) is 22.3 Å². The predicted octanol–water partition coefficient (Wildman–Crippen LogP) is 2.90. The number of hydrogen-bond donors (Lipinski definition) is 0. The molecule has 0 aliphatic carbocycles. The first-order valence-corrected chi connectivity index (χ1v) is 6.56. The second-order valence-electron chi connectivity index (χ2n) is 4.87. The molecule has 1 aromatic heterocycles. The molecule has 1 fully saturated rings. The molecule has 1 aliphatic heterocycles. The molecule has 2 heterocycles. The van der Waals surface area contributed by atoms with Crippen molar-refractivity contribution >= 4 is 5.91 Å². The van der Waals surface area contributed by atoms with E-state index in [1.54, 1.807) is 6.20 Å². The quantitative estimate of drug-likeness (QED) is 0.823. The van der Waals surface area contributed by atoms with Crippen molar-refractivity contribution in [3.05, 3.63) is 53.9 Å². The van der Waals surface area contributed by atoms with Gasteiger partial charge in [-0.15, -0.1) is 0 Å². The summed E-state index contributed by atoms with van der Waals surface area (Å²) >= 11 is 0. The summed E-state index contributed by atoms with van der Waals surface area (Å²) in [5.41, 5.74) is 3.87. The summed E-state index contributed by atoms with van der Waals surface area (Å²) in [6, 6.07) is 10.1. The molecule has 1 aromatic carbocycles. The van der Waals surface area contributed by atoms with E-state index in [9.17, 15) is 4.79 Å². The van der Waals surface area contributed by atoms with E-state index in [0.29, 0.717) is 0 Å². The number of carbonyl (C=O) groups excluding carboxylic acids is 1. The van der Waals surface area contributed by atoms with Crippen molar-refractivity contribution in [2.24, 2.45) is 0 Å². The van der Waals surface area contributed by atoms with E-state index >= 15 is 0 Å². The summed E-state index contributed by atoms with van der Waals surface area (Å²) < 4.78 is 0. The fourth-order valence-corrected chi connectivity index (χ4v) is 2.34. The van der Waals surface area contributed by atoms with Gasteiger partial charge in [-0.25, -0.2) is 0 Å². The van der Waals surface area contributed by atoms with Crippen LogP contribution in [0.25, 0.3) is 11.1 Å². The van der Waals surface area contributed by atoms with Crippen molar-refractivity contribution in [1.82, 2.24) is 9.88 Å². The van der Waals surface area contributed by atoms with Crippen LogP contribution in [-0.2, 0) is 0 Å². The lowest BCUT2D eigenvalue weighted by Gasteiger charge is -2.31. The second kappa shape index (κ2) is 4.84. The number of rotatable bonds is 2. The molecule has 0 bridgehead atoms. The maximum atomic E-state index is 12.3. The van der Waals surface area contributed by atoms with Gasteiger partial charge in [-0.3, -0.25) is 9.78 Å². The summed E-state index contributed by atoms with van der Waals surface area (Å²) in [5.74, 6) is 0.106. The monoisotopic (exact) mass is 252 g/mol. The third-order valence-corrected chi connectivity index (χ3v) is 3.67. The summed E-state index contributed by atoms with van der Waals surface area (Å²) in [4.78, 5) is 18.4. The Hall–Kier alpha value is -2.16. The Morgan fingerprint density at radius 1 is 1.16 bits per heavy atom. The smallest absolute Gasteiger partial charge is 0.255 e. The molecule has 96 valence electrons. The average molecular weight is 252 g/mol. The minimum Gasteiger partial charge on any atom is -0.338 e. The summed E-state index contributed by atoms with van der Waals surface area (Å²) in [5, 5.41) is 0. The fraction of sp³-hybridized carbons (Fsp3) is 0.250. The molecule has 0 N–H and O–H groups in total. The van der Waals surface area contributed by atoms with Crippen LogP contribution in [0.5, 0.6) is 0 Å². The van der Waals surface area contributed by atoms with Gasteiger partial charge >= 0.3 is 0 Å². The zero-order valence-electron chi connectivity index (χ0n) is 11.0. The van der Waals surface area contributed by atoms with Gasteiger partial charge in [0.1, 0.15) is 0 Å². The molecule has 1 saturated heterocycles. The molecule has 0 saturated carbocycles. The minimum absolute atomic E-state index is 0.106. The molecular weight excluding hydrogens is 236 g/mol. The number of amides is 1. The first-order chi connectivity index (χ1) is 9.27. The molecule has 0 spiro atoms. The molecule has 2 aromatic rings. The zero-order chi connectivity index (χ0) is 13.2. The molecule has 19 heavy (non-hydrogen) atoms. The van der Waals surface area contributed by atoms with E-state index in [4.69, 9.17) is 0 Å². The molecule has 0 atom stereocenters. The van der Waals surface area contributed by atoms with Crippen LogP contribution in [0.15, 0.2) is 42.7 Å². The number of hydrogen-bond acceptors (Lipinski definition) is 2. The second-order valence-corrected chi connectivity index (χ2v) is 4.87. The van der Waals surface area contributed by atoms with Gasteiger partial charge in [0, 0.05) is 31.0 Å². The van der Waals surface area contributed by atoms with E-state index in [1.807, 2.05) is 48.4 Å². The lowest BCUT2D eigenvalue weighted by atomic mass is 9.98. The van der Waals surface area contributed by atoms with Crippen molar-refractivity contribution in [3.63, 3.8) is 0 Å². The third kappa shape index (κ3) is 2.12. The standard InChI is InChI=1S/C16H16N2O/c1-12-14(13-6-3-2-4-7-13)10-17-11-15(12)16(19)18-8-5-9-18/h2-4,6-7,10-11H,5,8-9H2,1H3. The zero-order valence-corrected chi connectivity index (χ0v) is 11.0. The van der Waals surface area contributed by atoms with Crippen LogP contribution in [0, 0.1) is 6.92 Å². The van der Waals surface area contributed by atoms with Gasteiger partial charge in [-0.05, 0) is 24.5 Å². The SMILES string of the molecule is Cc1c(C(=O)N2CCC2)cncc1-c1ccccc1. The topological polar surface area (TPSA) is 33.2 Å². The van der Waals surface area contributed by atoms with E-state index in [0.717, 1.165) is 41.8 Å². The Balaban J connectivity index is 2.01. The van der Waals surface area contributed by atoms with Crippen molar-refractivity contribution < 1.29 is 4.79 Å². The van der Waals surface area contributed by atoms with Gasteiger partial charge in [0.15, 0.2) is 0 Å². The van der Waals surface area contributed by atoms with Crippen molar-refractivity contribution in [3.8, 4) is 11.1 Å². The van der Waals surface area contributed by atoms with Gasteiger partial charge in [-0.2, -0.15) is 0 Å². The Morgan fingerprint density at radius 3 is 2.53 bits per heavy atom. The highest BCUT2D eigenvalue weighted by Gasteiger charge is 2.23. The molecular formula is C16H16N2O. The molecule has 3 nitrogen and oxygen atoms in total. The lowest BCUT2D eigenvalue weighted by molar-refractivity contribution is 0.0650. The van der Waals surface area contributed by atoms with Crippen LogP contribution in [0.2, 0.25) is 0 Å². The lowest BCUT2D eigenvalue weighted by Crippen LogP contribution is -2.42. The Labute approximate surface area is 112 Å². The maximum Gasteiger partial charge on any atom is 0.255 e. The molecule has 3 heteroatoms. The van der Waals surface area contributed by atoms with Gasteiger partial charge in [-0.1, -0.05) is 30.3 Å². The van der Waals surface area contributed by atoms with Crippen LogP contribution >= 0.6 is 0 Å². The van der Waals surface area contributed by atoms with Crippen LogP contribution in [0.3, 0.4) is 0 Å². The Kier molecular flexibility index (Phi) is 3.03. The Bertz CT molecular complexity index is 603. The molecule has 1 aliphatic rings. The first-order valence-electron chi connectivity index (χ1n) is 6.56. The maximum absolute atomic E-state index is 12.3. The van der Waals surface area contributed by atoms with Crippen LogP contribution in [0.4, 0.5) is 0 Å². The summed E-state index contributed by atoms with van der Waals surface area (Å²) in [6.07, 6.45) is 4.62. The van der Waals surface area contributed by atoms with Gasteiger partial charge in [0.05, 0.1) is 5.56 Å². The van der Waals surface area contributed by atoms with Gasteiger partial charge < -0.3 is 4.90 Å². The predicted molar refractivity (Wildman–Crippen MR) is 74.9 cm³/mol. The first kappa shape index (κ1) is 11.9. The number of pyridine rings is 1. The molecule has 0 radical (unpaired) electrons. The highest BCUT2D eigenvalue weighted by atomic mass is 16.2. The average Bonchev–Trinajstić information content (AvgIpc) is 2.38. The number of likely N-dealkylation sites (tertiary alicyclic amines) is 1. The molecule has 3 rings (SSSR count). The van der Waals surface area contributed by atoms with E-state index in [-0.39, 0.29) is 5.91 Å². The van der Waals surface area contributed by atoms with Crippen molar-refractivity contribution in [1.29, 1.82) is 0 Å². The number of carbonyl (C=O) groups is 1. The number of aromatic nitrogens is 1. The van der Waals surface area contributed by atoms with E-state index in [1.165, 1.54) is 0 Å². The summed E-state index contributed by atoms with van der Waals surface area (Å²) in [6.45, 7) is 3.73. The van der Waals surface area contributed by atoms with Crippen molar-refractivity contribution in [2.45, 2.75) is 13.3 Å². The highest BCUT2D eigenvalue weighted by molar-refractivity contribution is 5.97. The van der Waals surface area contributed by atoms with Crippen molar-refractivity contribution in [2.75, 3.05) is 13.1 Å². The van der Waals surface area contributed by atoms with E-state index < -0.39 is 0 Å². The number of benzene rings is 1. The van der Waals surface area contributed by atoms with Crippen LogP contribution in [-0.4, -0.2) is 28.9 Å². The normalized spacial score (nSPS) is 14.1. The fourth-order valence-electron chi connectivity index (χ4n) is 2.34. The van der Waals surface area contributed by atoms with Gasteiger partial charge in [0.25, 0.3) is 5.91 Å².